The third-order valence-electron chi connectivity index (χ3n) is 3.17. The summed E-state index contributed by atoms with van der Waals surface area (Å²) >= 11 is 8.39. The van der Waals surface area contributed by atoms with E-state index in [-0.39, 0.29) is 18.5 Å². The van der Waals surface area contributed by atoms with E-state index in [0.717, 1.165) is 16.6 Å². The van der Waals surface area contributed by atoms with Crippen molar-refractivity contribution in [3.05, 3.63) is 34.7 Å². The monoisotopic (exact) mass is 395 g/mol. The first-order valence-electron chi connectivity index (χ1n) is 7.09. The van der Waals surface area contributed by atoms with Gasteiger partial charge in [-0.1, -0.05) is 23.4 Å². The van der Waals surface area contributed by atoms with Crippen LogP contribution in [0.3, 0.4) is 0 Å². The molecule has 0 aliphatic carbocycles. The largest absolute Gasteiger partial charge is 0.454 e. The van der Waals surface area contributed by atoms with E-state index in [1.165, 1.54) is 11.3 Å². The van der Waals surface area contributed by atoms with Gasteiger partial charge >= 0.3 is 0 Å². The van der Waals surface area contributed by atoms with Crippen LogP contribution < -0.4 is 14.8 Å². The number of aromatic nitrogens is 2. The number of fused-ring (bicyclic) bond motifs is 1. The van der Waals surface area contributed by atoms with Gasteiger partial charge in [0.25, 0.3) is 11.1 Å². The predicted molar refractivity (Wildman–Crippen MR) is 94.5 cm³/mol. The Morgan fingerprint density at radius 1 is 1.24 bits per heavy atom. The average Bonchev–Trinajstić information content (AvgIpc) is 3.32. The topological polar surface area (TPSA) is 86.5 Å². The molecule has 3 aromatic rings. The first kappa shape index (κ1) is 16.2. The lowest BCUT2D eigenvalue weighted by atomic mass is 10.3. The summed E-state index contributed by atoms with van der Waals surface area (Å²) in [5.74, 6) is 1.61. The minimum atomic E-state index is -0.192. The quantitative estimate of drug-likeness (QED) is 0.655. The van der Waals surface area contributed by atoms with Crippen molar-refractivity contribution in [2.24, 2.45) is 0 Å². The number of halogens is 1. The van der Waals surface area contributed by atoms with Crippen molar-refractivity contribution in [3.8, 4) is 22.3 Å². The summed E-state index contributed by atoms with van der Waals surface area (Å²) in [7, 11) is 0. The van der Waals surface area contributed by atoms with Crippen molar-refractivity contribution in [2.75, 3.05) is 17.9 Å². The summed E-state index contributed by atoms with van der Waals surface area (Å²) < 4.78 is 16.7. The maximum Gasteiger partial charge on any atom is 0.277 e. The van der Waals surface area contributed by atoms with Crippen LogP contribution in [0, 0.1) is 0 Å². The molecule has 0 spiro atoms. The van der Waals surface area contributed by atoms with E-state index in [2.05, 4.69) is 15.5 Å². The molecule has 1 aromatic carbocycles. The number of carbonyl (C=O) groups excluding carboxylic acids is 1. The van der Waals surface area contributed by atoms with Gasteiger partial charge in [0.15, 0.2) is 11.5 Å². The van der Waals surface area contributed by atoms with Gasteiger partial charge in [-0.25, -0.2) is 0 Å². The van der Waals surface area contributed by atoms with Crippen LogP contribution in [0.1, 0.15) is 0 Å². The first-order chi connectivity index (χ1) is 12.2. The normalized spacial score (nSPS) is 12.4. The molecular formula is C15H10ClN3O4S2. The van der Waals surface area contributed by atoms with E-state index in [4.69, 9.17) is 25.5 Å². The van der Waals surface area contributed by atoms with Gasteiger partial charge in [-0.15, -0.1) is 21.5 Å². The van der Waals surface area contributed by atoms with Gasteiger partial charge in [0.2, 0.25) is 12.7 Å². The number of benzene rings is 1. The SMILES string of the molecule is O=C(CSc1nnc(-c2ccc(Cl)s2)o1)Nc1ccc2c(c1)OCO2. The number of thioether (sulfide) groups is 1. The van der Waals surface area contributed by atoms with Gasteiger partial charge in [0, 0.05) is 11.8 Å². The van der Waals surface area contributed by atoms with Crippen molar-refractivity contribution in [1.29, 1.82) is 0 Å². The van der Waals surface area contributed by atoms with Gasteiger partial charge < -0.3 is 19.2 Å². The Balaban J connectivity index is 1.34. The molecule has 7 nitrogen and oxygen atoms in total. The van der Waals surface area contributed by atoms with Gasteiger partial charge in [-0.3, -0.25) is 4.79 Å². The predicted octanol–water partition coefficient (Wildman–Crippen LogP) is 3.91. The highest BCUT2D eigenvalue weighted by atomic mass is 35.5. The number of rotatable bonds is 5. The zero-order valence-electron chi connectivity index (χ0n) is 12.5. The third-order valence-corrected chi connectivity index (χ3v) is 5.21. The molecule has 4 rings (SSSR count). The molecule has 0 radical (unpaired) electrons. The molecule has 1 aliphatic heterocycles. The summed E-state index contributed by atoms with van der Waals surface area (Å²) in [5.41, 5.74) is 0.634. The second-order valence-corrected chi connectivity index (χ2v) is 7.52. The van der Waals surface area contributed by atoms with Gasteiger partial charge in [-0.05, 0) is 24.3 Å². The van der Waals surface area contributed by atoms with Crippen molar-refractivity contribution >= 4 is 46.3 Å². The lowest BCUT2D eigenvalue weighted by molar-refractivity contribution is -0.113. The fraction of sp³-hybridized carbons (Fsp3) is 0.133. The smallest absolute Gasteiger partial charge is 0.277 e. The summed E-state index contributed by atoms with van der Waals surface area (Å²) in [6.45, 7) is 0.192. The second kappa shape index (κ2) is 6.95. The standard InChI is InChI=1S/C15H10ClN3O4S2/c16-12-4-3-11(25-12)14-18-19-15(23-14)24-6-13(20)17-8-1-2-9-10(5-8)22-7-21-9/h1-5H,6-7H2,(H,17,20). The fourth-order valence-corrected chi connectivity index (χ4v) is 3.62. The van der Waals surface area contributed by atoms with Crippen LogP contribution in [-0.4, -0.2) is 28.7 Å². The summed E-state index contributed by atoms with van der Waals surface area (Å²) in [4.78, 5) is 12.8. The van der Waals surface area contributed by atoms with Crippen LogP contribution in [0.25, 0.3) is 10.8 Å². The molecule has 25 heavy (non-hydrogen) atoms. The number of hydrogen-bond acceptors (Lipinski definition) is 8. The Bertz CT molecular complexity index is 927. The summed E-state index contributed by atoms with van der Waals surface area (Å²) in [6.07, 6.45) is 0. The van der Waals surface area contributed by atoms with Gasteiger partial charge in [-0.2, -0.15) is 0 Å². The Hall–Kier alpha value is -2.23. The number of ether oxygens (including phenoxy) is 2. The molecule has 0 fully saturated rings. The number of nitrogens with zero attached hydrogens (tertiary/aromatic N) is 2. The van der Waals surface area contributed by atoms with E-state index in [1.807, 2.05) is 0 Å². The van der Waals surface area contributed by atoms with Crippen LogP contribution in [-0.2, 0) is 4.79 Å². The molecule has 1 aliphatic rings. The number of hydrogen-bond donors (Lipinski definition) is 1. The maximum atomic E-state index is 12.1. The van der Waals surface area contributed by atoms with E-state index >= 15 is 0 Å². The van der Waals surface area contributed by atoms with Crippen LogP contribution in [0.2, 0.25) is 4.34 Å². The third kappa shape index (κ3) is 3.73. The summed E-state index contributed by atoms with van der Waals surface area (Å²) in [5, 5.41) is 11.0. The number of anilines is 1. The molecule has 2 aromatic heterocycles. The van der Waals surface area contributed by atoms with Gasteiger partial charge in [0.1, 0.15) is 0 Å². The van der Waals surface area contributed by atoms with E-state index in [0.29, 0.717) is 32.6 Å². The highest BCUT2D eigenvalue weighted by Crippen LogP contribution is 2.34. The summed E-state index contributed by atoms with van der Waals surface area (Å²) in [6, 6.07) is 8.79. The molecule has 128 valence electrons. The van der Waals surface area contributed by atoms with Crippen molar-refractivity contribution < 1.29 is 18.7 Å². The van der Waals surface area contributed by atoms with Crippen molar-refractivity contribution in [1.82, 2.24) is 10.2 Å². The van der Waals surface area contributed by atoms with Crippen LogP contribution in [0.4, 0.5) is 5.69 Å². The maximum absolute atomic E-state index is 12.1. The molecule has 0 bridgehead atoms. The fourth-order valence-electron chi connectivity index (χ4n) is 2.10. The zero-order valence-corrected chi connectivity index (χ0v) is 14.9. The highest BCUT2D eigenvalue weighted by Gasteiger charge is 2.15. The highest BCUT2D eigenvalue weighted by molar-refractivity contribution is 7.99. The molecule has 3 heterocycles. The molecule has 0 unspecified atom stereocenters. The van der Waals surface area contributed by atoms with Crippen LogP contribution >= 0.6 is 34.7 Å². The van der Waals surface area contributed by atoms with Crippen LogP contribution in [0.5, 0.6) is 11.5 Å². The Kier molecular flexibility index (Phi) is 4.51. The average molecular weight is 396 g/mol. The lowest BCUT2D eigenvalue weighted by Crippen LogP contribution is -2.13. The first-order valence-corrected chi connectivity index (χ1v) is 9.27. The van der Waals surface area contributed by atoms with Crippen molar-refractivity contribution in [2.45, 2.75) is 5.22 Å². The van der Waals surface area contributed by atoms with Gasteiger partial charge in [0.05, 0.1) is 15.0 Å². The number of nitrogens with one attached hydrogen (secondary N) is 1. The Morgan fingerprint density at radius 3 is 2.96 bits per heavy atom. The van der Waals surface area contributed by atoms with Crippen molar-refractivity contribution in [3.63, 3.8) is 0 Å². The number of carbonyl (C=O) groups is 1. The minimum absolute atomic E-state index is 0.140. The van der Waals surface area contributed by atoms with E-state index < -0.39 is 0 Å². The number of amides is 1. The molecule has 0 saturated carbocycles. The minimum Gasteiger partial charge on any atom is -0.454 e. The lowest BCUT2D eigenvalue weighted by Gasteiger charge is -2.04. The molecular weight excluding hydrogens is 386 g/mol. The number of thiophene rings is 1. The second-order valence-electron chi connectivity index (χ2n) is 4.88. The Morgan fingerprint density at radius 2 is 2.12 bits per heavy atom. The molecule has 0 saturated heterocycles. The zero-order chi connectivity index (χ0) is 17.2. The van der Waals surface area contributed by atoms with E-state index in [1.54, 1.807) is 30.3 Å². The molecule has 0 atom stereocenters. The molecule has 1 N–H and O–H groups in total. The Labute approximate surface area is 155 Å². The molecule has 1 amide bonds. The molecule has 10 heteroatoms. The van der Waals surface area contributed by atoms with E-state index in [9.17, 15) is 4.79 Å². The van der Waals surface area contributed by atoms with Crippen LogP contribution in [0.15, 0.2) is 40.0 Å².